The first-order valence-corrected chi connectivity index (χ1v) is 8.93. The van der Waals surface area contributed by atoms with Crippen molar-refractivity contribution in [2.75, 3.05) is 13.7 Å². The molecule has 0 aliphatic heterocycles. The highest BCUT2D eigenvalue weighted by molar-refractivity contribution is 5.78. The summed E-state index contributed by atoms with van der Waals surface area (Å²) in [6, 6.07) is 13.9. The van der Waals surface area contributed by atoms with Gasteiger partial charge >= 0.3 is 0 Å². The highest BCUT2D eigenvalue weighted by Gasteiger charge is 2.13. The molecule has 1 heterocycles. The first-order chi connectivity index (χ1) is 13.2. The topological polar surface area (TPSA) is 75.8 Å². The van der Waals surface area contributed by atoms with Gasteiger partial charge in [-0.3, -0.25) is 0 Å². The molecule has 2 aromatic carbocycles. The minimum atomic E-state index is -0.273. The molecule has 0 saturated heterocycles. The Kier molecular flexibility index (Phi) is 6.33. The molecule has 0 atom stereocenters. The van der Waals surface area contributed by atoms with Gasteiger partial charge in [0.25, 0.3) is 5.89 Å². The molecule has 0 fully saturated rings. The number of benzene rings is 2. The largest absolute Gasteiger partial charge is 0.497 e. The normalized spacial score (nSPS) is 11.6. The summed E-state index contributed by atoms with van der Waals surface area (Å²) in [6.07, 6.45) is 4.61. The van der Waals surface area contributed by atoms with Crippen LogP contribution in [-0.4, -0.2) is 23.8 Å². The molecule has 0 aliphatic carbocycles. The van der Waals surface area contributed by atoms with Crippen molar-refractivity contribution in [3.8, 4) is 17.1 Å². The third kappa shape index (κ3) is 5.01. The summed E-state index contributed by atoms with van der Waals surface area (Å²) in [5.74, 6) is 1.46. The highest BCUT2D eigenvalue weighted by atomic mass is 19.1. The lowest BCUT2D eigenvalue weighted by Crippen LogP contribution is -2.50. The minimum Gasteiger partial charge on any atom is -0.497 e. The number of hydrogen-bond acceptors (Lipinski definition) is 4. The Labute approximate surface area is 157 Å². The van der Waals surface area contributed by atoms with Gasteiger partial charge in [-0.2, -0.15) is 4.98 Å². The number of hydrogen-bond donors (Lipinski definition) is 1. The van der Waals surface area contributed by atoms with Gasteiger partial charge in [-0.25, -0.2) is 4.39 Å². The molecule has 0 spiro atoms. The lowest BCUT2D eigenvalue weighted by Gasteiger charge is -2.03. The van der Waals surface area contributed by atoms with E-state index in [2.05, 4.69) is 15.9 Å². The van der Waals surface area contributed by atoms with E-state index < -0.39 is 0 Å². The number of ether oxygens (including phenoxy) is 1. The van der Waals surface area contributed by atoms with Crippen LogP contribution in [0.3, 0.4) is 0 Å². The fourth-order valence-electron chi connectivity index (χ4n) is 2.74. The van der Waals surface area contributed by atoms with Crippen LogP contribution in [0.4, 0.5) is 4.39 Å². The third-order valence-corrected chi connectivity index (χ3v) is 4.18. The van der Waals surface area contributed by atoms with E-state index in [1.807, 2.05) is 36.4 Å². The summed E-state index contributed by atoms with van der Waals surface area (Å²) >= 11 is 0. The molecule has 140 valence electrons. The molecule has 27 heavy (non-hydrogen) atoms. The standard InChI is InChI=1S/C21H22FN3O2/c1-26-19-10-8-16(9-11-19)20-24-21(27-25-20)17(6-2-3-12-23)13-15-5-4-7-18(22)14-15/h4-5,7-11,13-14H,2-3,6,12,23H2,1H3/p+1/b17-13+. The van der Waals surface area contributed by atoms with Gasteiger partial charge in [0, 0.05) is 11.1 Å². The molecule has 0 radical (unpaired) electrons. The zero-order chi connectivity index (χ0) is 19.1. The lowest BCUT2D eigenvalue weighted by atomic mass is 10.0. The Morgan fingerprint density at radius 3 is 2.70 bits per heavy atom. The molecule has 5 nitrogen and oxygen atoms in total. The maximum atomic E-state index is 13.5. The summed E-state index contributed by atoms with van der Waals surface area (Å²) < 4.78 is 24.2. The first kappa shape index (κ1) is 18.8. The monoisotopic (exact) mass is 368 g/mol. The number of halogens is 1. The van der Waals surface area contributed by atoms with Crippen LogP contribution < -0.4 is 10.5 Å². The second kappa shape index (κ2) is 9.09. The molecule has 3 rings (SSSR count). The fraction of sp³-hybridized carbons (Fsp3) is 0.238. The molecule has 0 aliphatic rings. The summed E-state index contributed by atoms with van der Waals surface area (Å²) in [6.45, 7) is 0.869. The van der Waals surface area contributed by atoms with Crippen LogP contribution in [0.2, 0.25) is 0 Å². The van der Waals surface area contributed by atoms with Crippen molar-refractivity contribution in [3.63, 3.8) is 0 Å². The van der Waals surface area contributed by atoms with Gasteiger partial charge in [0.2, 0.25) is 5.82 Å². The molecule has 0 saturated carbocycles. The van der Waals surface area contributed by atoms with E-state index in [-0.39, 0.29) is 5.82 Å². The van der Waals surface area contributed by atoms with E-state index in [9.17, 15) is 4.39 Å². The van der Waals surface area contributed by atoms with Crippen molar-refractivity contribution >= 4 is 11.6 Å². The first-order valence-electron chi connectivity index (χ1n) is 8.93. The number of aromatic nitrogens is 2. The van der Waals surface area contributed by atoms with Gasteiger partial charge in [0.05, 0.1) is 13.7 Å². The SMILES string of the molecule is COc1ccc(-c2noc(/C(=C/c3cccc(F)c3)CCCC[NH3+])n2)cc1. The van der Waals surface area contributed by atoms with Crippen LogP contribution in [0.15, 0.2) is 53.1 Å². The summed E-state index contributed by atoms with van der Waals surface area (Å²) in [5.41, 5.74) is 6.38. The average molecular weight is 368 g/mol. The predicted octanol–water partition coefficient (Wildman–Crippen LogP) is 3.84. The highest BCUT2D eigenvalue weighted by Crippen LogP contribution is 2.26. The van der Waals surface area contributed by atoms with E-state index in [1.54, 1.807) is 13.2 Å². The molecule has 3 N–H and O–H groups in total. The van der Waals surface area contributed by atoms with Crippen LogP contribution >= 0.6 is 0 Å². The quantitative estimate of drug-likeness (QED) is 0.613. The molecular formula is C21H23FN3O2+. The molecule has 3 aromatic rings. The van der Waals surface area contributed by atoms with E-state index in [0.29, 0.717) is 11.7 Å². The van der Waals surface area contributed by atoms with Gasteiger partial charge in [-0.15, -0.1) is 0 Å². The zero-order valence-electron chi connectivity index (χ0n) is 15.3. The second-order valence-corrected chi connectivity index (χ2v) is 6.19. The Balaban J connectivity index is 1.88. The van der Waals surface area contributed by atoms with Crippen LogP contribution in [-0.2, 0) is 0 Å². The van der Waals surface area contributed by atoms with Crippen molar-refractivity contribution in [2.24, 2.45) is 0 Å². The number of rotatable bonds is 8. The maximum absolute atomic E-state index is 13.5. The van der Waals surface area contributed by atoms with Crippen molar-refractivity contribution in [1.29, 1.82) is 0 Å². The van der Waals surface area contributed by atoms with Crippen LogP contribution in [0.1, 0.15) is 30.7 Å². The van der Waals surface area contributed by atoms with Gasteiger partial charge in [-0.05, 0) is 67.3 Å². The van der Waals surface area contributed by atoms with Crippen molar-refractivity contribution < 1.29 is 19.4 Å². The zero-order valence-corrected chi connectivity index (χ0v) is 15.3. The average Bonchev–Trinajstić information content (AvgIpc) is 3.17. The van der Waals surface area contributed by atoms with Crippen LogP contribution in [0.25, 0.3) is 23.0 Å². The number of allylic oxidation sites excluding steroid dienone is 1. The Hall–Kier alpha value is -2.99. The van der Waals surface area contributed by atoms with Crippen molar-refractivity contribution in [3.05, 3.63) is 65.8 Å². The van der Waals surface area contributed by atoms with Gasteiger partial charge in [-0.1, -0.05) is 17.3 Å². The van der Waals surface area contributed by atoms with Gasteiger partial charge < -0.3 is 15.0 Å². The molecule has 6 heteroatoms. The lowest BCUT2D eigenvalue weighted by molar-refractivity contribution is -0.368. The van der Waals surface area contributed by atoms with Gasteiger partial charge in [0.1, 0.15) is 11.6 Å². The Morgan fingerprint density at radius 1 is 1.19 bits per heavy atom. The molecule has 0 unspecified atom stereocenters. The third-order valence-electron chi connectivity index (χ3n) is 4.18. The molecule has 0 bridgehead atoms. The molecular weight excluding hydrogens is 345 g/mol. The fourth-order valence-corrected chi connectivity index (χ4v) is 2.74. The second-order valence-electron chi connectivity index (χ2n) is 6.19. The summed E-state index contributed by atoms with van der Waals surface area (Å²) in [4.78, 5) is 4.54. The van der Waals surface area contributed by atoms with Crippen LogP contribution in [0, 0.1) is 5.82 Å². The van der Waals surface area contributed by atoms with E-state index in [0.717, 1.165) is 48.3 Å². The number of quaternary nitrogens is 1. The minimum absolute atomic E-state index is 0.273. The number of nitrogens with zero attached hydrogens (tertiary/aromatic N) is 2. The van der Waals surface area contributed by atoms with Crippen LogP contribution in [0.5, 0.6) is 5.75 Å². The summed E-state index contributed by atoms with van der Waals surface area (Å²) in [7, 11) is 1.62. The van der Waals surface area contributed by atoms with E-state index >= 15 is 0 Å². The Morgan fingerprint density at radius 2 is 2.00 bits per heavy atom. The number of unbranched alkanes of at least 4 members (excludes halogenated alkanes) is 1. The van der Waals surface area contributed by atoms with Crippen molar-refractivity contribution in [2.45, 2.75) is 19.3 Å². The van der Waals surface area contributed by atoms with E-state index in [1.165, 1.54) is 12.1 Å². The molecule has 1 aromatic heterocycles. The maximum Gasteiger partial charge on any atom is 0.254 e. The molecule has 0 amide bonds. The van der Waals surface area contributed by atoms with E-state index in [4.69, 9.17) is 9.26 Å². The smallest absolute Gasteiger partial charge is 0.254 e. The van der Waals surface area contributed by atoms with Gasteiger partial charge in [0.15, 0.2) is 0 Å². The van der Waals surface area contributed by atoms with Crippen molar-refractivity contribution in [1.82, 2.24) is 10.1 Å². The number of methoxy groups -OCH3 is 1. The predicted molar refractivity (Wildman–Crippen MR) is 102 cm³/mol. The Bertz CT molecular complexity index is 904. The summed E-state index contributed by atoms with van der Waals surface area (Å²) in [5, 5.41) is 4.10.